The number of likely N-dealkylation sites (tertiary alicyclic amines) is 1. The number of aliphatic imine (C=N–C) groups is 1. The molecule has 1 aliphatic rings. The van der Waals surface area contributed by atoms with Gasteiger partial charge in [0, 0.05) is 49.9 Å². The molecule has 27 heavy (non-hydrogen) atoms. The van der Waals surface area contributed by atoms with Crippen molar-refractivity contribution in [3.05, 3.63) is 34.3 Å². The van der Waals surface area contributed by atoms with Gasteiger partial charge in [-0.2, -0.15) is 0 Å². The summed E-state index contributed by atoms with van der Waals surface area (Å²) < 4.78 is 2.24. The molecule has 2 atom stereocenters. The average molecular weight is 502 g/mol. The first-order chi connectivity index (χ1) is 12.6. The predicted molar refractivity (Wildman–Crippen MR) is 123 cm³/mol. The lowest BCUT2D eigenvalue weighted by Gasteiger charge is -2.39. The van der Waals surface area contributed by atoms with Crippen molar-refractivity contribution in [3.8, 4) is 0 Å². The molecule has 1 saturated heterocycles. The number of hydrogen-bond acceptors (Lipinski definition) is 4. The third-order valence-corrected chi connectivity index (χ3v) is 6.19. The molecule has 2 aromatic heterocycles. The van der Waals surface area contributed by atoms with E-state index in [0.717, 1.165) is 49.3 Å². The van der Waals surface area contributed by atoms with Crippen molar-refractivity contribution in [1.82, 2.24) is 24.8 Å². The summed E-state index contributed by atoms with van der Waals surface area (Å²) in [6.07, 6.45) is 8.00. The van der Waals surface area contributed by atoms with Crippen molar-refractivity contribution < 1.29 is 0 Å². The summed E-state index contributed by atoms with van der Waals surface area (Å²) in [5.41, 5.74) is 1.15. The van der Waals surface area contributed by atoms with Gasteiger partial charge >= 0.3 is 0 Å². The second-order valence-corrected chi connectivity index (χ2v) is 8.30. The molecular formula is C19H31IN6S. The molecule has 6 nitrogen and oxygen atoms in total. The summed E-state index contributed by atoms with van der Waals surface area (Å²) in [6.45, 7) is 12.3. The molecule has 8 heteroatoms. The van der Waals surface area contributed by atoms with Crippen molar-refractivity contribution in [2.75, 3.05) is 26.2 Å². The minimum Gasteiger partial charge on any atom is -0.357 e. The van der Waals surface area contributed by atoms with Gasteiger partial charge in [-0.1, -0.05) is 6.92 Å². The van der Waals surface area contributed by atoms with Gasteiger partial charge in [0.25, 0.3) is 0 Å². The van der Waals surface area contributed by atoms with E-state index in [2.05, 4.69) is 58.6 Å². The van der Waals surface area contributed by atoms with Crippen molar-refractivity contribution >= 4 is 41.3 Å². The molecule has 150 valence electrons. The molecule has 0 aliphatic carbocycles. The van der Waals surface area contributed by atoms with Gasteiger partial charge in [0.2, 0.25) is 0 Å². The Hall–Kier alpha value is -1.16. The minimum atomic E-state index is 0. The number of aryl methyl sites for hydroxylation is 2. The third kappa shape index (κ3) is 5.66. The number of aromatic nitrogens is 3. The molecule has 0 spiro atoms. The molecule has 1 fully saturated rings. The topological polar surface area (TPSA) is 58.3 Å². The van der Waals surface area contributed by atoms with Crippen LogP contribution in [0.2, 0.25) is 0 Å². The van der Waals surface area contributed by atoms with Gasteiger partial charge in [0.15, 0.2) is 5.96 Å². The third-order valence-electron chi connectivity index (χ3n) is 5.06. The van der Waals surface area contributed by atoms with E-state index in [4.69, 9.17) is 4.99 Å². The normalized spacial score (nSPS) is 20.4. The average Bonchev–Trinajstić information content (AvgIpc) is 3.25. The van der Waals surface area contributed by atoms with Crippen LogP contribution in [-0.2, 0) is 6.42 Å². The van der Waals surface area contributed by atoms with E-state index >= 15 is 0 Å². The second kappa shape index (κ2) is 10.4. The number of hydrogen-bond donors (Lipinski definition) is 1. The highest BCUT2D eigenvalue weighted by Gasteiger charge is 2.28. The zero-order chi connectivity index (χ0) is 18.5. The molecule has 0 radical (unpaired) electrons. The standard InChI is InChI=1S/C19H30N6S.HI/c1-5-21-19(22-8-6-18-15(3)23-16(4)26-18)24-10-7-14(2)17(12-24)25-11-9-20-13-25;/h9,11,13-14,17H,5-8,10,12H2,1-4H3,(H,21,22);1H. The molecule has 2 aromatic rings. The number of halogens is 1. The van der Waals surface area contributed by atoms with Crippen LogP contribution in [0.5, 0.6) is 0 Å². The maximum absolute atomic E-state index is 4.91. The fourth-order valence-corrected chi connectivity index (χ4v) is 4.52. The van der Waals surface area contributed by atoms with E-state index in [9.17, 15) is 0 Å². The first kappa shape index (κ1) is 22.1. The molecule has 3 heterocycles. The molecule has 2 unspecified atom stereocenters. The van der Waals surface area contributed by atoms with E-state index in [1.165, 1.54) is 11.3 Å². The van der Waals surface area contributed by atoms with Crippen molar-refractivity contribution in [3.63, 3.8) is 0 Å². The van der Waals surface area contributed by atoms with Gasteiger partial charge in [-0.25, -0.2) is 9.97 Å². The fraction of sp³-hybridized carbons (Fsp3) is 0.632. The zero-order valence-electron chi connectivity index (χ0n) is 16.7. The Bertz CT molecular complexity index is 727. The number of thiazole rings is 1. The van der Waals surface area contributed by atoms with Gasteiger partial charge in [-0.3, -0.25) is 4.99 Å². The van der Waals surface area contributed by atoms with Crippen LogP contribution >= 0.6 is 35.3 Å². The number of guanidine groups is 1. The molecule has 3 rings (SSSR count). The monoisotopic (exact) mass is 502 g/mol. The van der Waals surface area contributed by atoms with Gasteiger partial charge < -0.3 is 14.8 Å². The van der Waals surface area contributed by atoms with Gasteiger partial charge in [0.05, 0.1) is 23.1 Å². The zero-order valence-corrected chi connectivity index (χ0v) is 19.8. The van der Waals surface area contributed by atoms with Crippen molar-refractivity contribution in [1.29, 1.82) is 0 Å². The van der Waals surface area contributed by atoms with Gasteiger partial charge in [-0.05, 0) is 33.1 Å². The maximum atomic E-state index is 4.91. The Morgan fingerprint density at radius 2 is 2.22 bits per heavy atom. The summed E-state index contributed by atoms with van der Waals surface area (Å²) in [5.74, 6) is 1.68. The highest BCUT2D eigenvalue weighted by atomic mass is 127. The van der Waals surface area contributed by atoms with Crippen LogP contribution in [-0.4, -0.2) is 51.6 Å². The van der Waals surface area contributed by atoms with E-state index in [1.54, 1.807) is 11.3 Å². The number of nitrogens with one attached hydrogen (secondary N) is 1. The van der Waals surface area contributed by atoms with Crippen LogP contribution in [0.15, 0.2) is 23.7 Å². The van der Waals surface area contributed by atoms with Crippen LogP contribution in [0.3, 0.4) is 0 Å². The van der Waals surface area contributed by atoms with Crippen LogP contribution in [0.1, 0.15) is 41.9 Å². The van der Waals surface area contributed by atoms with E-state index < -0.39 is 0 Å². The number of nitrogens with zero attached hydrogens (tertiary/aromatic N) is 5. The van der Waals surface area contributed by atoms with E-state index in [1.807, 2.05) is 12.5 Å². The number of rotatable bonds is 5. The quantitative estimate of drug-likeness (QED) is 0.385. The lowest BCUT2D eigenvalue weighted by Crippen LogP contribution is -2.49. The summed E-state index contributed by atoms with van der Waals surface area (Å²) in [4.78, 5) is 17.4. The molecule has 1 aliphatic heterocycles. The largest absolute Gasteiger partial charge is 0.357 e. The van der Waals surface area contributed by atoms with Crippen LogP contribution in [0.25, 0.3) is 0 Å². The molecule has 0 saturated carbocycles. The molecule has 0 aromatic carbocycles. The predicted octanol–water partition coefficient (Wildman–Crippen LogP) is 3.67. The highest BCUT2D eigenvalue weighted by molar-refractivity contribution is 14.0. The Morgan fingerprint density at radius 3 is 2.85 bits per heavy atom. The molecular weight excluding hydrogens is 471 g/mol. The van der Waals surface area contributed by atoms with Crippen molar-refractivity contribution in [2.45, 2.75) is 46.6 Å². The smallest absolute Gasteiger partial charge is 0.193 e. The lowest BCUT2D eigenvalue weighted by molar-refractivity contribution is 0.189. The minimum absolute atomic E-state index is 0. The van der Waals surface area contributed by atoms with Crippen LogP contribution < -0.4 is 5.32 Å². The molecule has 0 bridgehead atoms. The Labute approximate surface area is 183 Å². The van der Waals surface area contributed by atoms with Gasteiger partial charge in [0.1, 0.15) is 0 Å². The number of piperidine rings is 1. The SMILES string of the molecule is CCNC(=NCCc1sc(C)nc1C)N1CCC(C)C(n2ccnc2)C1.I. The van der Waals surface area contributed by atoms with E-state index in [0.29, 0.717) is 12.0 Å². The summed E-state index contributed by atoms with van der Waals surface area (Å²) in [6, 6.07) is 0.446. The Kier molecular flexibility index (Phi) is 8.53. The summed E-state index contributed by atoms with van der Waals surface area (Å²) >= 11 is 1.79. The fourth-order valence-electron chi connectivity index (χ4n) is 3.59. The Balaban J connectivity index is 0.00000261. The lowest BCUT2D eigenvalue weighted by atomic mass is 9.93. The first-order valence-corrected chi connectivity index (χ1v) is 10.3. The van der Waals surface area contributed by atoms with Crippen LogP contribution in [0.4, 0.5) is 0 Å². The summed E-state index contributed by atoms with van der Waals surface area (Å²) in [5, 5.41) is 4.62. The first-order valence-electron chi connectivity index (χ1n) is 9.52. The van der Waals surface area contributed by atoms with Crippen LogP contribution in [0, 0.1) is 19.8 Å². The van der Waals surface area contributed by atoms with Crippen molar-refractivity contribution in [2.24, 2.45) is 10.9 Å². The maximum Gasteiger partial charge on any atom is 0.193 e. The molecule has 1 N–H and O–H groups in total. The number of imidazole rings is 1. The van der Waals surface area contributed by atoms with E-state index in [-0.39, 0.29) is 24.0 Å². The molecule has 0 amide bonds. The highest BCUT2D eigenvalue weighted by Crippen LogP contribution is 2.27. The Morgan fingerprint density at radius 1 is 1.41 bits per heavy atom. The van der Waals surface area contributed by atoms with Gasteiger partial charge in [-0.15, -0.1) is 35.3 Å². The summed E-state index contributed by atoms with van der Waals surface area (Å²) in [7, 11) is 0. The second-order valence-electron chi connectivity index (χ2n) is 7.02.